The van der Waals surface area contributed by atoms with Crippen LogP contribution in [0, 0.1) is 0 Å². The molecule has 64 valence electrons. The van der Waals surface area contributed by atoms with E-state index in [1.54, 1.807) is 24.0 Å². The van der Waals surface area contributed by atoms with E-state index < -0.39 is 0 Å². The molecule has 0 saturated heterocycles. The Morgan fingerprint density at radius 3 is 2.92 bits per heavy atom. The van der Waals surface area contributed by atoms with Crippen LogP contribution >= 0.6 is 11.8 Å². The van der Waals surface area contributed by atoms with Gasteiger partial charge in [0.15, 0.2) is 0 Å². The molecule has 0 aliphatic heterocycles. The number of thioether (sulfide) groups is 1. The molecule has 1 heterocycles. The van der Waals surface area contributed by atoms with Crippen LogP contribution in [0.2, 0.25) is 0 Å². The lowest BCUT2D eigenvalue weighted by Gasteiger charge is -1.99. The Balaban J connectivity index is 2.53. The molecule has 0 unspecified atom stereocenters. The SMILES string of the molecule is C=C(C)CSc1ccc(N)nc1. The minimum Gasteiger partial charge on any atom is -0.384 e. The molecule has 0 fully saturated rings. The van der Waals surface area contributed by atoms with Gasteiger partial charge in [-0.2, -0.15) is 0 Å². The van der Waals surface area contributed by atoms with Crippen molar-refractivity contribution in [3.63, 3.8) is 0 Å². The summed E-state index contributed by atoms with van der Waals surface area (Å²) in [7, 11) is 0. The predicted octanol–water partition coefficient (Wildman–Crippen LogP) is 2.33. The zero-order valence-corrected chi connectivity index (χ0v) is 7.90. The lowest BCUT2D eigenvalue weighted by molar-refractivity contribution is 1.24. The first-order chi connectivity index (χ1) is 5.68. The summed E-state index contributed by atoms with van der Waals surface area (Å²) in [6.45, 7) is 5.83. The van der Waals surface area contributed by atoms with Crippen LogP contribution in [0.1, 0.15) is 6.92 Å². The number of pyridine rings is 1. The van der Waals surface area contributed by atoms with E-state index in [0.717, 1.165) is 16.2 Å². The van der Waals surface area contributed by atoms with E-state index in [9.17, 15) is 0 Å². The molecule has 0 amide bonds. The second-order valence-electron chi connectivity index (χ2n) is 2.66. The van der Waals surface area contributed by atoms with E-state index in [0.29, 0.717) is 5.82 Å². The van der Waals surface area contributed by atoms with Crippen LogP contribution in [0.25, 0.3) is 0 Å². The maximum atomic E-state index is 5.44. The van der Waals surface area contributed by atoms with Gasteiger partial charge in [-0.25, -0.2) is 4.98 Å². The Morgan fingerprint density at radius 1 is 1.67 bits per heavy atom. The van der Waals surface area contributed by atoms with Crippen LogP contribution in [0.5, 0.6) is 0 Å². The Hall–Kier alpha value is -0.960. The number of hydrogen-bond acceptors (Lipinski definition) is 3. The van der Waals surface area contributed by atoms with Crippen LogP contribution in [-0.4, -0.2) is 10.7 Å². The van der Waals surface area contributed by atoms with E-state index >= 15 is 0 Å². The first-order valence-corrected chi connectivity index (χ1v) is 4.66. The van der Waals surface area contributed by atoms with Crippen LogP contribution in [0.4, 0.5) is 5.82 Å². The standard InChI is InChI=1S/C9H12N2S/c1-7(2)6-12-8-3-4-9(10)11-5-8/h3-5H,1,6H2,2H3,(H2,10,11). The second-order valence-corrected chi connectivity index (χ2v) is 3.71. The highest BCUT2D eigenvalue weighted by Gasteiger charge is 1.93. The monoisotopic (exact) mass is 180 g/mol. The van der Waals surface area contributed by atoms with Gasteiger partial charge in [0.05, 0.1) is 0 Å². The molecule has 2 nitrogen and oxygen atoms in total. The number of rotatable bonds is 3. The maximum absolute atomic E-state index is 5.44. The lowest BCUT2D eigenvalue weighted by atomic mass is 10.4. The van der Waals surface area contributed by atoms with Crippen molar-refractivity contribution in [1.82, 2.24) is 4.98 Å². The van der Waals surface area contributed by atoms with Crippen molar-refractivity contribution in [1.29, 1.82) is 0 Å². The maximum Gasteiger partial charge on any atom is 0.123 e. The first kappa shape index (κ1) is 9.13. The van der Waals surface area contributed by atoms with Crippen LogP contribution < -0.4 is 5.73 Å². The predicted molar refractivity (Wildman–Crippen MR) is 54.2 cm³/mol. The molecule has 1 rings (SSSR count). The zero-order chi connectivity index (χ0) is 8.97. The number of nitrogens with two attached hydrogens (primary N) is 1. The van der Waals surface area contributed by atoms with Crippen molar-refractivity contribution >= 4 is 17.6 Å². The fraction of sp³-hybridized carbons (Fsp3) is 0.222. The number of nitrogens with zero attached hydrogens (tertiary/aromatic N) is 1. The molecule has 0 bridgehead atoms. The molecule has 0 aromatic carbocycles. The summed E-state index contributed by atoms with van der Waals surface area (Å²) in [5, 5.41) is 0. The molecule has 0 radical (unpaired) electrons. The van der Waals surface area contributed by atoms with Gasteiger partial charge in [-0.1, -0.05) is 12.2 Å². The molecule has 0 atom stereocenters. The molecule has 1 aromatic rings. The third-order valence-electron chi connectivity index (χ3n) is 1.24. The van der Waals surface area contributed by atoms with Gasteiger partial charge >= 0.3 is 0 Å². The van der Waals surface area contributed by atoms with Gasteiger partial charge in [-0.3, -0.25) is 0 Å². The largest absolute Gasteiger partial charge is 0.384 e. The molecular formula is C9H12N2S. The summed E-state index contributed by atoms with van der Waals surface area (Å²) in [6.07, 6.45) is 1.78. The molecule has 0 aliphatic rings. The van der Waals surface area contributed by atoms with Crippen LogP contribution in [0.3, 0.4) is 0 Å². The van der Waals surface area contributed by atoms with E-state index in [4.69, 9.17) is 5.73 Å². The Kier molecular flexibility index (Phi) is 3.17. The molecule has 2 N–H and O–H groups in total. The Labute approximate surface area is 76.9 Å². The minimum atomic E-state index is 0.565. The lowest BCUT2D eigenvalue weighted by Crippen LogP contribution is -1.88. The molecule has 0 saturated carbocycles. The molecule has 1 aromatic heterocycles. The third kappa shape index (κ3) is 2.96. The molecule has 3 heteroatoms. The van der Waals surface area contributed by atoms with Crippen molar-refractivity contribution in [2.24, 2.45) is 0 Å². The summed E-state index contributed by atoms with van der Waals surface area (Å²) >= 11 is 1.72. The molecule has 0 aliphatic carbocycles. The number of aromatic nitrogens is 1. The minimum absolute atomic E-state index is 0.565. The smallest absolute Gasteiger partial charge is 0.123 e. The van der Waals surface area contributed by atoms with Crippen molar-refractivity contribution < 1.29 is 0 Å². The quantitative estimate of drug-likeness (QED) is 0.573. The summed E-state index contributed by atoms with van der Waals surface area (Å²) in [6, 6.07) is 3.77. The number of hydrogen-bond donors (Lipinski definition) is 1. The Morgan fingerprint density at radius 2 is 2.42 bits per heavy atom. The molecule has 0 spiro atoms. The fourth-order valence-electron chi connectivity index (χ4n) is 0.684. The second kappa shape index (κ2) is 4.16. The molecule has 12 heavy (non-hydrogen) atoms. The summed E-state index contributed by atoms with van der Waals surface area (Å²) < 4.78 is 0. The van der Waals surface area contributed by atoms with E-state index in [-0.39, 0.29) is 0 Å². The van der Waals surface area contributed by atoms with Crippen molar-refractivity contribution in [2.75, 3.05) is 11.5 Å². The van der Waals surface area contributed by atoms with Gasteiger partial charge in [0, 0.05) is 16.8 Å². The van der Waals surface area contributed by atoms with Gasteiger partial charge in [-0.15, -0.1) is 11.8 Å². The average Bonchev–Trinajstić information content (AvgIpc) is 2.03. The normalized spacial score (nSPS) is 9.75. The Bertz CT molecular complexity index is 266. The average molecular weight is 180 g/mol. The summed E-state index contributed by atoms with van der Waals surface area (Å²) in [4.78, 5) is 5.12. The first-order valence-electron chi connectivity index (χ1n) is 3.67. The van der Waals surface area contributed by atoms with Crippen molar-refractivity contribution in [3.05, 3.63) is 30.5 Å². The highest BCUT2D eigenvalue weighted by molar-refractivity contribution is 7.99. The zero-order valence-electron chi connectivity index (χ0n) is 7.08. The van der Waals surface area contributed by atoms with Crippen molar-refractivity contribution in [2.45, 2.75) is 11.8 Å². The molecular weight excluding hydrogens is 168 g/mol. The summed E-state index contributed by atoms with van der Waals surface area (Å²) in [5.74, 6) is 1.50. The van der Waals surface area contributed by atoms with Crippen LogP contribution in [0.15, 0.2) is 35.4 Å². The van der Waals surface area contributed by atoms with Gasteiger partial charge in [0.2, 0.25) is 0 Å². The van der Waals surface area contributed by atoms with Gasteiger partial charge in [-0.05, 0) is 19.1 Å². The van der Waals surface area contributed by atoms with Crippen molar-refractivity contribution in [3.8, 4) is 0 Å². The van der Waals surface area contributed by atoms with Gasteiger partial charge in [0.25, 0.3) is 0 Å². The number of anilines is 1. The fourth-order valence-corrected chi connectivity index (χ4v) is 1.39. The van der Waals surface area contributed by atoms with Gasteiger partial charge < -0.3 is 5.73 Å². The van der Waals surface area contributed by atoms with Crippen LogP contribution in [-0.2, 0) is 0 Å². The van der Waals surface area contributed by atoms with E-state index in [1.807, 2.05) is 13.0 Å². The highest BCUT2D eigenvalue weighted by atomic mass is 32.2. The third-order valence-corrected chi connectivity index (χ3v) is 2.46. The highest BCUT2D eigenvalue weighted by Crippen LogP contribution is 2.19. The van der Waals surface area contributed by atoms with E-state index in [1.165, 1.54) is 0 Å². The summed E-state index contributed by atoms with van der Waals surface area (Å²) in [5.41, 5.74) is 6.61. The van der Waals surface area contributed by atoms with Gasteiger partial charge in [0.1, 0.15) is 5.82 Å². The topological polar surface area (TPSA) is 38.9 Å². The van der Waals surface area contributed by atoms with E-state index in [2.05, 4.69) is 11.6 Å². The number of nitrogen functional groups attached to an aromatic ring is 1.